The van der Waals surface area contributed by atoms with E-state index in [2.05, 4.69) is 69.4 Å². The summed E-state index contributed by atoms with van der Waals surface area (Å²) in [4.78, 5) is 37.8. The van der Waals surface area contributed by atoms with Crippen LogP contribution in [0.25, 0.3) is 0 Å². The van der Waals surface area contributed by atoms with Crippen LogP contribution >= 0.6 is 0 Å². The van der Waals surface area contributed by atoms with Crippen LogP contribution in [0.4, 0.5) is 0 Å². The number of ether oxygens (including phenoxy) is 3. The molecule has 1 unspecified atom stereocenters. The molecule has 0 aromatic rings. The zero-order valence-electron chi connectivity index (χ0n) is 38.3. The first-order valence-electron chi connectivity index (χ1n) is 24.6. The maximum absolute atomic E-state index is 12.7. The van der Waals surface area contributed by atoms with Gasteiger partial charge in [-0.1, -0.05) is 217 Å². The first-order chi connectivity index (χ1) is 28.5. The number of hydrogen-bond acceptors (Lipinski definition) is 6. The summed E-state index contributed by atoms with van der Waals surface area (Å²) in [6.45, 7) is 6.50. The molecule has 0 saturated carbocycles. The minimum Gasteiger partial charge on any atom is -0.462 e. The van der Waals surface area contributed by atoms with E-state index in [4.69, 9.17) is 14.2 Å². The summed E-state index contributed by atoms with van der Waals surface area (Å²) in [5, 5.41) is 0. The number of allylic oxidation sites excluding steroid dienone is 8. The van der Waals surface area contributed by atoms with Crippen molar-refractivity contribution in [3.8, 4) is 0 Å². The predicted octanol–water partition coefficient (Wildman–Crippen LogP) is 15.9. The summed E-state index contributed by atoms with van der Waals surface area (Å²) < 4.78 is 16.7. The van der Waals surface area contributed by atoms with Gasteiger partial charge >= 0.3 is 17.9 Å². The highest BCUT2D eigenvalue weighted by Crippen LogP contribution is 2.15. The molecule has 0 aliphatic heterocycles. The van der Waals surface area contributed by atoms with Crippen molar-refractivity contribution >= 4 is 17.9 Å². The standard InChI is InChI=1S/C52H92O6/c1-4-7-10-13-16-19-22-23-24-25-26-27-28-29-31-33-36-39-42-45-51(54)57-48-49(47-56-50(53)44-41-38-35-32-21-18-15-12-9-6-3)58-52(55)46-43-40-37-34-30-20-17-14-11-8-5-2/h7,10,16,19,23-24,26-27,49H,4-6,8-9,11-15,17-18,20-22,25,28-48H2,1-3H3/b10-7-,19-16-,24-23-,27-26-. The van der Waals surface area contributed by atoms with Crippen molar-refractivity contribution in [2.75, 3.05) is 13.2 Å². The Morgan fingerprint density at radius 1 is 0.362 bits per heavy atom. The van der Waals surface area contributed by atoms with E-state index in [1.54, 1.807) is 0 Å². The summed E-state index contributed by atoms with van der Waals surface area (Å²) >= 11 is 0. The van der Waals surface area contributed by atoms with E-state index in [0.29, 0.717) is 19.3 Å². The fourth-order valence-corrected chi connectivity index (χ4v) is 6.90. The Hall–Kier alpha value is -2.63. The molecule has 0 saturated heterocycles. The molecule has 0 radical (unpaired) electrons. The van der Waals surface area contributed by atoms with Gasteiger partial charge in [-0.3, -0.25) is 14.4 Å². The van der Waals surface area contributed by atoms with Crippen LogP contribution in [0, 0.1) is 0 Å². The summed E-state index contributed by atoms with van der Waals surface area (Å²) in [6.07, 6.45) is 55.2. The molecular formula is C52H92O6. The lowest BCUT2D eigenvalue weighted by atomic mass is 10.1. The van der Waals surface area contributed by atoms with Crippen LogP contribution in [0.1, 0.15) is 245 Å². The third kappa shape index (κ3) is 44.5. The average Bonchev–Trinajstić information content (AvgIpc) is 3.22. The molecular weight excluding hydrogens is 721 g/mol. The van der Waals surface area contributed by atoms with E-state index in [1.165, 1.54) is 116 Å². The molecule has 0 aliphatic rings. The van der Waals surface area contributed by atoms with Crippen LogP contribution < -0.4 is 0 Å². The maximum atomic E-state index is 12.7. The molecule has 0 heterocycles. The number of esters is 3. The Morgan fingerprint density at radius 3 is 1.05 bits per heavy atom. The van der Waals surface area contributed by atoms with Gasteiger partial charge in [0.2, 0.25) is 0 Å². The van der Waals surface area contributed by atoms with Crippen LogP contribution in [0.15, 0.2) is 48.6 Å². The molecule has 0 aromatic carbocycles. The van der Waals surface area contributed by atoms with E-state index in [-0.39, 0.29) is 31.1 Å². The van der Waals surface area contributed by atoms with Crippen LogP contribution in [0.2, 0.25) is 0 Å². The van der Waals surface area contributed by atoms with Gasteiger partial charge in [-0.2, -0.15) is 0 Å². The van der Waals surface area contributed by atoms with Gasteiger partial charge in [0, 0.05) is 19.3 Å². The Morgan fingerprint density at radius 2 is 0.672 bits per heavy atom. The molecule has 0 aliphatic carbocycles. The molecule has 58 heavy (non-hydrogen) atoms. The average molecular weight is 813 g/mol. The number of carbonyl (C=O) groups is 3. The fourth-order valence-electron chi connectivity index (χ4n) is 6.90. The summed E-state index contributed by atoms with van der Waals surface area (Å²) in [5.74, 6) is -0.886. The highest BCUT2D eigenvalue weighted by molar-refractivity contribution is 5.71. The topological polar surface area (TPSA) is 78.9 Å². The Bertz CT molecular complexity index is 1030. The van der Waals surface area contributed by atoms with Gasteiger partial charge in [-0.25, -0.2) is 0 Å². The van der Waals surface area contributed by atoms with Crippen molar-refractivity contribution < 1.29 is 28.6 Å². The fraction of sp³-hybridized carbons (Fsp3) is 0.788. The molecule has 0 rings (SSSR count). The van der Waals surface area contributed by atoms with Gasteiger partial charge in [-0.05, 0) is 57.8 Å². The lowest BCUT2D eigenvalue weighted by molar-refractivity contribution is -0.167. The number of carbonyl (C=O) groups excluding carboxylic acids is 3. The molecule has 0 fully saturated rings. The molecule has 1 atom stereocenters. The van der Waals surface area contributed by atoms with E-state index in [0.717, 1.165) is 89.9 Å². The molecule has 6 heteroatoms. The van der Waals surface area contributed by atoms with E-state index in [1.807, 2.05) is 0 Å². The van der Waals surface area contributed by atoms with Gasteiger partial charge in [0.25, 0.3) is 0 Å². The van der Waals surface area contributed by atoms with Crippen molar-refractivity contribution in [2.24, 2.45) is 0 Å². The predicted molar refractivity (Wildman–Crippen MR) is 247 cm³/mol. The second-order valence-corrected chi connectivity index (χ2v) is 16.4. The monoisotopic (exact) mass is 813 g/mol. The maximum Gasteiger partial charge on any atom is 0.306 e. The zero-order valence-corrected chi connectivity index (χ0v) is 38.3. The van der Waals surface area contributed by atoms with E-state index >= 15 is 0 Å². The van der Waals surface area contributed by atoms with Gasteiger partial charge in [0.1, 0.15) is 13.2 Å². The van der Waals surface area contributed by atoms with Crippen LogP contribution in [-0.4, -0.2) is 37.2 Å². The van der Waals surface area contributed by atoms with Crippen LogP contribution in [0.5, 0.6) is 0 Å². The van der Waals surface area contributed by atoms with Gasteiger partial charge in [0.05, 0.1) is 0 Å². The van der Waals surface area contributed by atoms with Crippen molar-refractivity contribution in [1.29, 1.82) is 0 Å². The van der Waals surface area contributed by atoms with Gasteiger partial charge in [0.15, 0.2) is 6.10 Å². The SMILES string of the molecule is CC/C=C\C/C=C\C/C=C\C/C=C\CCCCCCCCC(=O)OCC(COC(=O)CCCCCCCCCCCC)OC(=O)CCCCCCCCCCCCC. The van der Waals surface area contributed by atoms with E-state index in [9.17, 15) is 14.4 Å². The summed E-state index contributed by atoms with van der Waals surface area (Å²) in [7, 11) is 0. The van der Waals surface area contributed by atoms with Crippen LogP contribution in [-0.2, 0) is 28.6 Å². The molecule has 0 spiro atoms. The molecule has 0 aromatic heterocycles. The highest BCUT2D eigenvalue weighted by atomic mass is 16.6. The Balaban J connectivity index is 4.32. The summed E-state index contributed by atoms with van der Waals surface area (Å²) in [5.41, 5.74) is 0. The number of unbranched alkanes of at least 4 members (excludes halogenated alkanes) is 25. The molecule has 0 bridgehead atoms. The lowest BCUT2D eigenvalue weighted by Gasteiger charge is -2.18. The number of hydrogen-bond donors (Lipinski definition) is 0. The largest absolute Gasteiger partial charge is 0.462 e. The van der Waals surface area contributed by atoms with Crippen molar-refractivity contribution in [3.05, 3.63) is 48.6 Å². The van der Waals surface area contributed by atoms with Crippen molar-refractivity contribution in [2.45, 2.75) is 252 Å². The van der Waals surface area contributed by atoms with Gasteiger partial charge < -0.3 is 14.2 Å². The molecule has 0 amide bonds. The quantitative estimate of drug-likeness (QED) is 0.0264. The zero-order chi connectivity index (χ0) is 42.3. The van der Waals surface area contributed by atoms with Crippen molar-refractivity contribution in [1.82, 2.24) is 0 Å². The number of rotatable bonds is 44. The smallest absolute Gasteiger partial charge is 0.306 e. The van der Waals surface area contributed by atoms with Crippen LogP contribution in [0.3, 0.4) is 0 Å². The Kier molecular flexibility index (Phi) is 44.9. The third-order valence-electron chi connectivity index (χ3n) is 10.6. The minimum atomic E-state index is -0.772. The highest BCUT2D eigenvalue weighted by Gasteiger charge is 2.19. The normalized spacial score (nSPS) is 12.4. The lowest BCUT2D eigenvalue weighted by Crippen LogP contribution is -2.30. The first kappa shape index (κ1) is 55.4. The van der Waals surface area contributed by atoms with Gasteiger partial charge in [-0.15, -0.1) is 0 Å². The van der Waals surface area contributed by atoms with Crippen molar-refractivity contribution in [3.63, 3.8) is 0 Å². The molecule has 0 N–H and O–H groups in total. The minimum absolute atomic E-state index is 0.0746. The second-order valence-electron chi connectivity index (χ2n) is 16.4. The molecule has 6 nitrogen and oxygen atoms in total. The molecule has 336 valence electrons. The first-order valence-corrected chi connectivity index (χ1v) is 24.6. The van der Waals surface area contributed by atoms with E-state index < -0.39 is 6.10 Å². The third-order valence-corrected chi connectivity index (χ3v) is 10.6. The Labute approximate surface area is 358 Å². The second kappa shape index (κ2) is 47.1. The summed E-state index contributed by atoms with van der Waals surface area (Å²) in [6, 6.07) is 0.